The molecule has 0 atom stereocenters. The maximum absolute atomic E-state index is 14.4. The van der Waals surface area contributed by atoms with Crippen molar-refractivity contribution in [1.82, 2.24) is 10.3 Å². The molecule has 29 heavy (non-hydrogen) atoms. The summed E-state index contributed by atoms with van der Waals surface area (Å²) in [6.07, 6.45) is 4.91. The predicted octanol–water partition coefficient (Wildman–Crippen LogP) is 5.43. The summed E-state index contributed by atoms with van der Waals surface area (Å²) < 4.78 is 14.4. The number of aromatic hydroxyl groups is 1. The van der Waals surface area contributed by atoms with Gasteiger partial charge in [0.05, 0.1) is 0 Å². The van der Waals surface area contributed by atoms with E-state index in [2.05, 4.69) is 17.2 Å². The molecule has 2 aromatic carbocycles. The summed E-state index contributed by atoms with van der Waals surface area (Å²) in [6.45, 7) is 2.33. The zero-order valence-electron chi connectivity index (χ0n) is 15.8. The highest BCUT2D eigenvalue weighted by molar-refractivity contribution is 7.99. The average Bonchev–Trinajstić information content (AvgIpc) is 2.71. The number of nitrogens with one attached hydrogen (secondary N) is 1. The number of thioether (sulfide) groups is 1. The second-order valence-electron chi connectivity index (χ2n) is 6.29. The fraction of sp³-hybridized carbons (Fsp3) is 0.182. The molecule has 0 saturated heterocycles. The maximum Gasteiger partial charge on any atom is 0.256 e. The molecule has 0 aliphatic carbocycles. The van der Waals surface area contributed by atoms with Crippen LogP contribution >= 0.6 is 23.4 Å². The Bertz CT molecular complexity index is 1050. The first-order valence-corrected chi connectivity index (χ1v) is 10.6. The predicted molar refractivity (Wildman–Crippen MR) is 118 cm³/mol. The van der Waals surface area contributed by atoms with E-state index in [0.29, 0.717) is 10.6 Å². The van der Waals surface area contributed by atoms with Gasteiger partial charge in [0.2, 0.25) is 0 Å². The van der Waals surface area contributed by atoms with Crippen LogP contribution < -0.4 is 5.32 Å². The molecule has 0 saturated carbocycles. The van der Waals surface area contributed by atoms with Crippen LogP contribution in [0.4, 0.5) is 4.39 Å². The monoisotopic (exact) mass is 430 g/mol. The summed E-state index contributed by atoms with van der Waals surface area (Å²) in [7, 11) is 0. The molecule has 0 spiro atoms. The summed E-state index contributed by atoms with van der Waals surface area (Å²) in [5.41, 5.74) is 1.48. The quantitative estimate of drug-likeness (QED) is 0.490. The SMILES string of the molecule is CCSC/C=C\c1cc(F)c2ncc(C(=O)NCc3ccc(Cl)cc3)c(O)c2c1. The number of hydrogen-bond acceptors (Lipinski definition) is 4. The third-order valence-electron chi connectivity index (χ3n) is 4.26. The van der Waals surface area contributed by atoms with Gasteiger partial charge in [-0.25, -0.2) is 4.39 Å². The van der Waals surface area contributed by atoms with E-state index in [9.17, 15) is 14.3 Å². The number of benzene rings is 2. The van der Waals surface area contributed by atoms with Gasteiger partial charge in [0, 0.05) is 28.9 Å². The largest absolute Gasteiger partial charge is 0.506 e. The maximum atomic E-state index is 14.4. The van der Waals surface area contributed by atoms with E-state index in [1.165, 1.54) is 12.3 Å². The van der Waals surface area contributed by atoms with Gasteiger partial charge in [0.1, 0.15) is 22.6 Å². The minimum Gasteiger partial charge on any atom is -0.506 e. The van der Waals surface area contributed by atoms with E-state index < -0.39 is 11.7 Å². The standard InChI is InChI=1S/C22H20ClFN2O2S/c1-2-29-9-3-4-15-10-17-20(19(24)11-15)25-13-18(21(17)27)22(28)26-12-14-5-7-16(23)8-6-14/h3-8,10-11,13H,2,9,12H2,1H3,(H,25,27)(H,26,28)/b4-3-. The van der Waals surface area contributed by atoms with Gasteiger partial charge in [-0.05, 0) is 41.1 Å². The molecule has 0 aliphatic heterocycles. The van der Waals surface area contributed by atoms with Gasteiger partial charge in [-0.2, -0.15) is 11.8 Å². The van der Waals surface area contributed by atoms with Crippen LogP contribution in [-0.2, 0) is 6.54 Å². The molecule has 0 radical (unpaired) electrons. The third kappa shape index (κ3) is 5.28. The topological polar surface area (TPSA) is 62.2 Å². The number of carbonyl (C=O) groups excluding carboxylic acids is 1. The van der Waals surface area contributed by atoms with Gasteiger partial charge >= 0.3 is 0 Å². The Morgan fingerprint density at radius 3 is 2.79 bits per heavy atom. The number of nitrogens with zero attached hydrogens (tertiary/aromatic N) is 1. The van der Waals surface area contributed by atoms with Crippen molar-refractivity contribution < 1.29 is 14.3 Å². The Balaban J connectivity index is 1.84. The van der Waals surface area contributed by atoms with Crippen molar-refractivity contribution in [3.63, 3.8) is 0 Å². The Morgan fingerprint density at radius 2 is 2.07 bits per heavy atom. The number of carbonyl (C=O) groups is 1. The number of amides is 1. The molecule has 4 nitrogen and oxygen atoms in total. The molecule has 2 N–H and O–H groups in total. The highest BCUT2D eigenvalue weighted by Gasteiger charge is 2.17. The third-order valence-corrected chi connectivity index (χ3v) is 5.35. The summed E-state index contributed by atoms with van der Waals surface area (Å²) in [4.78, 5) is 16.6. The number of halogens is 2. The van der Waals surface area contributed by atoms with E-state index in [4.69, 9.17) is 11.6 Å². The molecular weight excluding hydrogens is 411 g/mol. The van der Waals surface area contributed by atoms with E-state index in [1.54, 1.807) is 48.2 Å². The van der Waals surface area contributed by atoms with E-state index in [0.717, 1.165) is 17.1 Å². The first-order chi connectivity index (χ1) is 14.0. The van der Waals surface area contributed by atoms with Crippen LogP contribution in [0.3, 0.4) is 0 Å². The zero-order chi connectivity index (χ0) is 20.8. The molecule has 3 aromatic rings. The summed E-state index contributed by atoms with van der Waals surface area (Å²) >= 11 is 7.60. The van der Waals surface area contributed by atoms with Crippen molar-refractivity contribution in [2.75, 3.05) is 11.5 Å². The molecule has 3 rings (SSSR count). The van der Waals surface area contributed by atoms with Crippen molar-refractivity contribution in [2.45, 2.75) is 13.5 Å². The van der Waals surface area contributed by atoms with Crippen molar-refractivity contribution in [1.29, 1.82) is 0 Å². The van der Waals surface area contributed by atoms with E-state index >= 15 is 0 Å². The Labute approximate surface area is 177 Å². The molecule has 1 amide bonds. The number of aromatic nitrogens is 1. The molecule has 7 heteroatoms. The molecule has 0 aliphatic rings. The lowest BCUT2D eigenvalue weighted by Gasteiger charge is -2.10. The van der Waals surface area contributed by atoms with Crippen LogP contribution in [0.2, 0.25) is 5.02 Å². The van der Waals surface area contributed by atoms with Gasteiger partial charge in [-0.15, -0.1) is 0 Å². The Kier molecular flexibility index (Phi) is 7.12. The average molecular weight is 431 g/mol. The lowest BCUT2D eigenvalue weighted by Crippen LogP contribution is -2.23. The van der Waals surface area contributed by atoms with Crippen LogP contribution in [0.15, 0.2) is 48.7 Å². The first-order valence-electron chi connectivity index (χ1n) is 9.07. The van der Waals surface area contributed by atoms with Crippen LogP contribution in [-0.4, -0.2) is 27.5 Å². The first kappa shape index (κ1) is 21.1. The van der Waals surface area contributed by atoms with Crippen LogP contribution in [0, 0.1) is 5.82 Å². The summed E-state index contributed by atoms with van der Waals surface area (Å²) in [5.74, 6) is 0.477. The van der Waals surface area contributed by atoms with Crippen molar-refractivity contribution in [2.24, 2.45) is 0 Å². The van der Waals surface area contributed by atoms with Crippen LogP contribution in [0.1, 0.15) is 28.4 Å². The Hall–Kier alpha value is -2.57. The van der Waals surface area contributed by atoms with Crippen molar-refractivity contribution in [3.05, 3.63) is 76.2 Å². The Morgan fingerprint density at radius 1 is 1.31 bits per heavy atom. The van der Waals surface area contributed by atoms with Crippen LogP contribution in [0.5, 0.6) is 5.75 Å². The minimum absolute atomic E-state index is 0.00599. The minimum atomic E-state index is -0.547. The van der Waals surface area contributed by atoms with E-state index in [-0.39, 0.29) is 28.8 Å². The number of pyridine rings is 1. The molecule has 0 fully saturated rings. The van der Waals surface area contributed by atoms with Gasteiger partial charge < -0.3 is 10.4 Å². The van der Waals surface area contributed by atoms with Gasteiger partial charge in [0.25, 0.3) is 5.91 Å². The zero-order valence-corrected chi connectivity index (χ0v) is 17.4. The van der Waals surface area contributed by atoms with Crippen molar-refractivity contribution in [3.8, 4) is 5.75 Å². The lowest BCUT2D eigenvalue weighted by atomic mass is 10.1. The summed E-state index contributed by atoms with van der Waals surface area (Å²) in [6, 6.07) is 10.0. The molecule has 1 aromatic heterocycles. The normalized spacial score (nSPS) is 11.3. The number of hydrogen-bond donors (Lipinski definition) is 2. The molecule has 150 valence electrons. The highest BCUT2D eigenvalue weighted by Crippen LogP contribution is 2.30. The molecule has 1 heterocycles. The van der Waals surface area contributed by atoms with Gasteiger partial charge in [-0.1, -0.05) is 42.8 Å². The summed E-state index contributed by atoms with van der Waals surface area (Å²) in [5, 5.41) is 14.1. The molecule has 0 unspecified atom stereocenters. The fourth-order valence-electron chi connectivity index (χ4n) is 2.78. The van der Waals surface area contributed by atoms with Gasteiger partial charge in [0.15, 0.2) is 0 Å². The molecular formula is C22H20ClFN2O2S. The highest BCUT2D eigenvalue weighted by atomic mass is 35.5. The van der Waals surface area contributed by atoms with Gasteiger partial charge in [-0.3, -0.25) is 9.78 Å². The lowest BCUT2D eigenvalue weighted by molar-refractivity contribution is 0.0948. The van der Waals surface area contributed by atoms with Crippen molar-refractivity contribution >= 4 is 46.2 Å². The van der Waals surface area contributed by atoms with E-state index in [1.807, 2.05) is 6.08 Å². The number of rotatable bonds is 7. The number of fused-ring (bicyclic) bond motifs is 1. The second-order valence-corrected chi connectivity index (χ2v) is 8.05. The smallest absolute Gasteiger partial charge is 0.256 e. The van der Waals surface area contributed by atoms with Crippen LogP contribution in [0.25, 0.3) is 17.0 Å². The molecule has 0 bridgehead atoms. The fourth-order valence-corrected chi connectivity index (χ4v) is 3.37. The second kappa shape index (κ2) is 9.76.